The van der Waals surface area contributed by atoms with E-state index in [0.717, 1.165) is 40.7 Å². The van der Waals surface area contributed by atoms with Gasteiger partial charge >= 0.3 is 6.18 Å². The Morgan fingerprint density at radius 3 is 1.73 bits per heavy atom. The van der Waals surface area contributed by atoms with Crippen LogP contribution in [0.4, 0.5) is 13.2 Å². The van der Waals surface area contributed by atoms with Crippen molar-refractivity contribution in [2.75, 3.05) is 116 Å². The van der Waals surface area contributed by atoms with E-state index in [1.54, 1.807) is 18.7 Å². The first-order chi connectivity index (χ1) is 47.2. The Balaban J connectivity index is 2.34. The Labute approximate surface area is 608 Å². The van der Waals surface area contributed by atoms with Crippen molar-refractivity contribution < 1.29 is 85.3 Å². The van der Waals surface area contributed by atoms with Crippen molar-refractivity contribution in [1.82, 2.24) is 60.0 Å². The van der Waals surface area contributed by atoms with E-state index in [1.165, 1.54) is 89.0 Å². The second-order valence-electron chi connectivity index (χ2n) is 31.0. The Morgan fingerprint density at radius 2 is 1.18 bits per heavy atom. The number of likely N-dealkylation sites (tertiary alicyclic amines) is 1. The Bertz CT molecular complexity index is 2860. The van der Waals surface area contributed by atoms with E-state index in [-0.39, 0.29) is 82.5 Å². The molecule has 0 radical (unpaired) electrons. The number of halogens is 4. The van der Waals surface area contributed by atoms with Crippen molar-refractivity contribution in [3.05, 3.63) is 0 Å². The van der Waals surface area contributed by atoms with Crippen molar-refractivity contribution in [2.45, 2.75) is 232 Å². The van der Waals surface area contributed by atoms with Crippen LogP contribution < -0.4 is 16.0 Å². The van der Waals surface area contributed by atoms with Gasteiger partial charge in [0, 0.05) is 81.5 Å². The average molecular weight is 1480 g/mol. The maximum atomic E-state index is 15.4. The first-order valence-electron chi connectivity index (χ1n) is 36.0. The van der Waals surface area contributed by atoms with Gasteiger partial charge in [0.05, 0.1) is 57.4 Å². The summed E-state index contributed by atoms with van der Waals surface area (Å²) in [5, 5.41) is 17.7. The van der Waals surface area contributed by atoms with E-state index in [1.807, 2.05) is 41.5 Å². The molecule has 3 aliphatic rings. The largest absolute Gasteiger partial charge is 0.393 e. The van der Waals surface area contributed by atoms with Gasteiger partial charge in [0.1, 0.15) is 47.8 Å². The predicted molar refractivity (Wildman–Crippen MR) is 378 cm³/mol. The highest BCUT2D eigenvalue weighted by atomic mass is 35.5. The van der Waals surface area contributed by atoms with Crippen LogP contribution in [-0.4, -0.2) is 301 Å². The van der Waals surface area contributed by atoms with Crippen molar-refractivity contribution in [1.29, 1.82) is 0 Å². The number of nitrogens with zero attached hydrogens (tertiary/aromatic N) is 9. The molecule has 1 saturated carbocycles. The summed E-state index contributed by atoms with van der Waals surface area (Å²) in [6.07, 6.45) is -2.45. The lowest BCUT2D eigenvalue weighted by Crippen LogP contribution is -2.64. The smallest absolute Gasteiger partial charge is 0.388 e. The molecule has 0 aromatic heterocycles. The van der Waals surface area contributed by atoms with Crippen molar-refractivity contribution in [3.8, 4) is 0 Å². The zero-order chi connectivity index (χ0) is 77.8. The third-order valence-electron chi connectivity index (χ3n) is 19.7. The number of amides is 12. The number of aliphatic hydroxyl groups is 1. The maximum Gasteiger partial charge on any atom is 0.393 e. The second-order valence-corrected chi connectivity index (χ2v) is 31.6. The summed E-state index contributed by atoms with van der Waals surface area (Å²) in [5.74, 6) is -12.3. The van der Waals surface area contributed by atoms with E-state index < -0.39 is 186 Å². The molecule has 11 atom stereocenters. The fourth-order valence-corrected chi connectivity index (χ4v) is 13.4. The molecule has 2 aliphatic heterocycles. The van der Waals surface area contributed by atoms with Crippen LogP contribution in [0.2, 0.25) is 0 Å². The summed E-state index contributed by atoms with van der Waals surface area (Å²) in [6.45, 7) is 17.9. The number of hydrogen-bond acceptors (Lipinski definition) is 15. The van der Waals surface area contributed by atoms with Gasteiger partial charge in [-0.05, 0) is 128 Å². The fourth-order valence-electron chi connectivity index (χ4n) is 12.8. The number of rotatable bonds is 19. The zero-order valence-electron chi connectivity index (χ0n) is 64.3. The lowest BCUT2D eigenvalue weighted by atomic mass is 9.78. The van der Waals surface area contributed by atoms with Gasteiger partial charge in [0.15, 0.2) is 0 Å². The molecule has 3 fully saturated rings. The molecule has 3 rings (SSSR count). The molecule has 0 aromatic carbocycles. The van der Waals surface area contributed by atoms with Crippen LogP contribution in [0.25, 0.3) is 0 Å². The maximum absolute atomic E-state index is 15.4. The molecule has 31 heteroatoms. The molecule has 0 spiro atoms. The Morgan fingerprint density at radius 1 is 0.618 bits per heavy atom. The van der Waals surface area contributed by atoms with Crippen LogP contribution >= 0.6 is 11.6 Å². The molecule has 102 heavy (non-hydrogen) atoms. The number of carbonyl (C=O) groups excluding carboxylic acids is 12. The standard InChI is InChI=1S/C71H122ClF3N12O15/c1-21-46(8)60-67(98)81(15)38-58(90)79(13)39-59(91)83(17)55(41-101-32-29-43(2)3)64(95)80(14)37-56(88)76-50(28-26-47-25-27-48(49(72)35-47)71(73,74)75)63(94)85(19)54(40-102-42-69(9,10)100)62(93)78-70(11,12)68(99)86(20)52(34-45(6)7)65(96)84(18)53(66(97)87-30-23-22-24-31-87)36-57(89)82(16)51(33-44(4)5)61(92)77-60/h43-55,60,100H,21-42H2,1-20H3,(H,76,88)(H,77,92)(H,78,93)/t46-,47?,48?,49?,50-,51-,52-,53-,54-,55-,60-/m0/s1. The number of piperidine rings is 1. The van der Waals surface area contributed by atoms with Crippen LogP contribution in [0.5, 0.6) is 0 Å². The first-order valence-corrected chi connectivity index (χ1v) is 36.5. The molecule has 27 nitrogen and oxygen atoms in total. The van der Waals surface area contributed by atoms with Crippen LogP contribution in [-0.2, 0) is 67.0 Å². The third-order valence-corrected chi connectivity index (χ3v) is 20.2. The van der Waals surface area contributed by atoms with Crippen LogP contribution in [0, 0.1) is 35.5 Å². The van der Waals surface area contributed by atoms with E-state index in [2.05, 4.69) is 16.0 Å². The van der Waals surface area contributed by atoms with Gasteiger partial charge in [0.2, 0.25) is 70.9 Å². The molecule has 2 saturated heterocycles. The van der Waals surface area contributed by atoms with Gasteiger partial charge in [-0.2, -0.15) is 13.2 Å². The Hall–Kier alpha value is -6.40. The van der Waals surface area contributed by atoms with Crippen LogP contribution in [0.15, 0.2) is 0 Å². The molecule has 3 unspecified atom stereocenters. The molecule has 1 aliphatic carbocycles. The number of alkyl halides is 4. The van der Waals surface area contributed by atoms with Gasteiger partial charge in [-0.3, -0.25) is 57.5 Å². The number of carbonyl (C=O) groups is 12. The molecule has 4 N–H and O–H groups in total. The monoisotopic (exact) mass is 1470 g/mol. The SMILES string of the molecule is CC[C@H](C)[C@@H]1NC(=O)[C@H](CC(C)C)N(C)C(=O)C[C@@H](C(=O)N2CCCCC2)N(C)C(=O)[C@H](CC(C)C)N(C)C(=O)C(C)(C)NC(=O)[C@H](COCC(C)(C)O)N(C)C(=O)[C@H](CCC2CCC(C(F)(F)F)C(Cl)C2)NC(=O)CN(C)C(=O)[C@H](COCCC(C)C)N(C)C(=O)CN(C)C(=O)CN(C)C1=O. The van der Waals surface area contributed by atoms with Gasteiger partial charge in [0.25, 0.3) is 0 Å². The first kappa shape index (κ1) is 89.8. The highest BCUT2D eigenvalue weighted by molar-refractivity contribution is 6.20. The molecule has 584 valence electrons. The van der Waals surface area contributed by atoms with Gasteiger partial charge in [-0.15, -0.1) is 11.6 Å². The summed E-state index contributed by atoms with van der Waals surface area (Å²) < 4.78 is 53.8. The predicted octanol–water partition coefficient (Wildman–Crippen LogP) is 4.13. The minimum absolute atomic E-state index is 0.0157. The summed E-state index contributed by atoms with van der Waals surface area (Å²) in [4.78, 5) is 188. The number of hydrogen-bond donors (Lipinski definition) is 4. The normalized spacial score (nSPS) is 26.7. The highest BCUT2D eigenvalue weighted by Crippen LogP contribution is 2.43. The van der Waals surface area contributed by atoms with Gasteiger partial charge < -0.3 is 74.6 Å². The highest BCUT2D eigenvalue weighted by Gasteiger charge is 2.48. The van der Waals surface area contributed by atoms with E-state index in [4.69, 9.17) is 21.1 Å². The number of ether oxygens (including phenoxy) is 2. The number of likely N-dealkylation sites (N-methyl/N-ethyl adjacent to an activating group) is 8. The second kappa shape index (κ2) is 40.2. The minimum atomic E-state index is -4.56. The topological polar surface area (TPSA) is 309 Å². The summed E-state index contributed by atoms with van der Waals surface area (Å²) in [5.41, 5.74) is -3.39. The summed E-state index contributed by atoms with van der Waals surface area (Å²) in [7, 11) is 10.6. The summed E-state index contributed by atoms with van der Waals surface area (Å²) in [6, 6.07) is -9.87. The molecule has 0 bridgehead atoms. The average Bonchev–Trinajstić information content (AvgIpc) is 0.801. The fraction of sp³-hybridized carbons (Fsp3) is 0.831. The minimum Gasteiger partial charge on any atom is -0.388 e. The van der Waals surface area contributed by atoms with E-state index >= 15 is 19.2 Å². The van der Waals surface area contributed by atoms with Crippen molar-refractivity contribution >= 4 is 82.5 Å². The molecular weight excluding hydrogens is 1350 g/mol. The van der Waals surface area contributed by atoms with E-state index in [0.29, 0.717) is 38.8 Å². The lowest BCUT2D eigenvalue weighted by molar-refractivity contribution is -0.182. The van der Waals surface area contributed by atoms with Crippen molar-refractivity contribution in [2.24, 2.45) is 35.5 Å². The molecule has 0 aromatic rings. The lowest BCUT2D eigenvalue weighted by Gasteiger charge is -2.40. The van der Waals surface area contributed by atoms with E-state index in [9.17, 15) is 56.6 Å². The quantitative estimate of drug-likeness (QED) is 0.104. The van der Waals surface area contributed by atoms with Crippen LogP contribution in [0.1, 0.15) is 167 Å². The van der Waals surface area contributed by atoms with Gasteiger partial charge in [-0.25, -0.2) is 0 Å². The van der Waals surface area contributed by atoms with Gasteiger partial charge in [-0.1, -0.05) is 61.8 Å². The zero-order valence-corrected chi connectivity index (χ0v) is 65.1. The molecule has 12 amide bonds. The van der Waals surface area contributed by atoms with Crippen molar-refractivity contribution in [3.63, 3.8) is 0 Å². The van der Waals surface area contributed by atoms with Crippen LogP contribution in [0.3, 0.4) is 0 Å². The summed E-state index contributed by atoms with van der Waals surface area (Å²) >= 11 is 6.37. The number of nitrogens with one attached hydrogen (secondary N) is 3. The molecular formula is C71H122ClF3N12O15. The third kappa shape index (κ3) is 26.9. The molecule has 2 heterocycles. The Kier molecular flexibility index (Phi) is 35.4.